The number of hydrogen-bond donors (Lipinski definition) is 2. The van der Waals surface area contributed by atoms with Crippen molar-refractivity contribution in [3.05, 3.63) is 0 Å². The average Bonchev–Trinajstić information content (AvgIpc) is 1.95. The molecule has 0 aromatic heterocycles. The fourth-order valence-corrected chi connectivity index (χ4v) is 1.97. The van der Waals surface area contributed by atoms with Crippen molar-refractivity contribution in [3.63, 3.8) is 0 Å². The topological polar surface area (TPSA) is 12.0 Å². The van der Waals surface area contributed by atoms with Crippen LogP contribution >= 0.6 is 12.6 Å². The zero-order valence-electron chi connectivity index (χ0n) is 9.56. The van der Waals surface area contributed by atoms with Gasteiger partial charge >= 0.3 is 0 Å². The highest BCUT2D eigenvalue weighted by Gasteiger charge is 2.18. The van der Waals surface area contributed by atoms with Crippen molar-refractivity contribution in [2.24, 2.45) is 11.3 Å². The van der Waals surface area contributed by atoms with Gasteiger partial charge < -0.3 is 5.32 Å². The van der Waals surface area contributed by atoms with Gasteiger partial charge in [-0.1, -0.05) is 27.7 Å². The van der Waals surface area contributed by atoms with Gasteiger partial charge in [0.05, 0.1) is 0 Å². The van der Waals surface area contributed by atoms with Crippen molar-refractivity contribution < 1.29 is 0 Å². The average molecular weight is 203 g/mol. The smallest absolute Gasteiger partial charge is 0.000262 e. The fraction of sp³-hybridized carbons (Fsp3) is 1.00. The van der Waals surface area contributed by atoms with Gasteiger partial charge in [-0.25, -0.2) is 0 Å². The van der Waals surface area contributed by atoms with E-state index in [-0.39, 0.29) is 0 Å². The molecule has 1 nitrogen and oxygen atoms in total. The Labute approximate surface area is 89.1 Å². The summed E-state index contributed by atoms with van der Waals surface area (Å²) in [5.74, 6) is 1.78. The first-order valence-corrected chi connectivity index (χ1v) is 5.93. The summed E-state index contributed by atoms with van der Waals surface area (Å²) in [4.78, 5) is 0. The second kappa shape index (κ2) is 6.72. The molecule has 13 heavy (non-hydrogen) atoms. The number of nitrogens with one attached hydrogen (secondary N) is 1. The minimum atomic E-state index is 0.435. The van der Waals surface area contributed by atoms with E-state index in [0.717, 1.165) is 24.8 Å². The van der Waals surface area contributed by atoms with Crippen LogP contribution in [-0.4, -0.2) is 18.8 Å². The minimum absolute atomic E-state index is 0.435. The van der Waals surface area contributed by atoms with Crippen LogP contribution in [0.15, 0.2) is 0 Å². The molecule has 0 aromatic rings. The van der Waals surface area contributed by atoms with Gasteiger partial charge in [-0.3, -0.25) is 0 Å². The van der Waals surface area contributed by atoms with Crippen LogP contribution in [0.3, 0.4) is 0 Å². The second-order valence-corrected chi connectivity index (χ2v) is 5.46. The maximum Gasteiger partial charge on any atom is 0.000262 e. The lowest BCUT2D eigenvalue weighted by molar-refractivity contribution is 0.274. The van der Waals surface area contributed by atoms with Crippen LogP contribution < -0.4 is 5.32 Å². The zero-order valence-corrected chi connectivity index (χ0v) is 10.5. The van der Waals surface area contributed by atoms with Crippen molar-refractivity contribution >= 4 is 12.6 Å². The van der Waals surface area contributed by atoms with Crippen molar-refractivity contribution in [1.29, 1.82) is 0 Å². The number of hydrogen-bond acceptors (Lipinski definition) is 2. The molecule has 0 spiro atoms. The monoisotopic (exact) mass is 203 g/mol. The Hall–Kier alpha value is 0.310. The first kappa shape index (κ1) is 13.3. The molecule has 0 saturated carbocycles. The largest absolute Gasteiger partial charge is 0.316 e. The number of thiol groups is 1. The summed E-state index contributed by atoms with van der Waals surface area (Å²) in [6.45, 7) is 11.5. The Kier molecular flexibility index (Phi) is 6.88. The van der Waals surface area contributed by atoms with E-state index in [1.54, 1.807) is 0 Å². The molecule has 0 fully saturated rings. The fourth-order valence-electron chi connectivity index (χ4n) is 1.81. The molecule has 0 radical (unpaired) electrons. The van der Waals surface area contributed by atoms with E-state index in [1.807, 2.05) is 0 Å². The van der Waals surface area contributed by atoms with Crippen LogP contribution in [0.2, 0.25) is 0 Å². The number of rotatable bonds is 7. The minimum Gasteiger partial charge on any atom is -0.316 e. The Morgan fingerprint density at radius 2 is 1.92 bits per heavy atom. The third kappa shape index (κ3) is 8.63. The first-order valence-electron chi connectivity index (χ1n) is 5.29. The molecule has 0 saturated heterocycles. The van der Waals surface area contributed by atoms with Crippen molar-refractivity contribution in [2.75, 3.05) is 18.8 Å². The normalized spacial score (nSPS) is 12.5. The van der Waals surface area contributed by atoms with Crippen LogP contribution in [0.25, 0.3) is 0 Å². The molecule has 80 valence electrons. The highest BCUT2D eigenvalue weighted by molar-refractivity contribution is 7.80. The quantitative estimate of drug-likeness (QED) is 0.479. The molecule has 0 bridgehead atoms. The summed E-state index contributed by atoms with van der Waals surface area (Å²) < 4.78 is 0. The maximum atomic E-state index is 4.18. The van der Waals surface area contributed by atoms with E-state index in [1.165, 1.54) is 12.8 Å². The molecule has 0 aliphatic carbocycles. The van der Waals surface area contributed by atoms with Crippen LogP contribution in [0.1, 0.15) is 40.5 Å². The third-order valence-corrected chi connectivity index (χ3v) is 2.39. The molecular formula is C11H25NS. The van der Waals surface area contributed by atoms with E-state index in [9.17, 15) is 0 Å². The van der Waals surface area contributed by atoms with Gasteiger partial charge in [0.2, 0.25) is 0 Å². The first-order chi connectivity index (χ1) is 5.98. The highest BCUT2D eigenvalue weighted by atomic mass is 32.1. The van der Waals surface area contributed by atoms with Gasteiger partial charge in [0.15, 0.2) is 0 Å². The summed E-state index contributed by atoms with van der Waals surface area (Å²) in [6.07, 6.45) is 2.46. The molecule has 0 aliphatic rings. The summed E-state index contributed by atoms with van der Waals surface area (Å²) >= 11 is 4.18. The Morgan fingerprint density at radius 1 is 1.31 bits per heavy atom. The van der Waals surface area contributed by atoms with Gasteiger partial charge in [-0.15, -0.1) is 0 Å². The molecule has 0 heterocycles. The zero-order chi connectivity index (χ0) is 10.3. The van der Waals surface area contributed by atoms with Crippen LogP contribution in [0.4, 0.5) is 0 Å². The SMILES string of the molecule is CC(C)CC(C)(C)CNCCCS. The predicted molar refractivity (Wildman–Crippen MR) is 64.6 cm³/mol. The predicted octanol–water partition coefficient (Wildman–Crippen LogP) is 2.97. The summed E-state index contributed by atoms with van der Waals surface area (Å²) in [5, 5.41) is 3.48. The lowest BCUT2D eigenvalue weighted by atomic mass is 9.84. The van der Waals surface area contributed by atoms with Crippen molar-refractivity contribution in [2.45, 2.75) is 40.5 Å². The molecule has 2 heteroatoms. The van der Waals surface area contributed by atoms with Crippen LogP contribution in [-0.2, 0) is 0 Å². The molecule has 1 N–H and O–H groups in total. The van der Waals surface area contributed by atoms with E-state index < -0.39 is 0 Å². The van der Waals surface area contributed by atoms with E-state index in [2.05, 4.69) is 45.6 Å². The highest BCUT2D eigenvalue weighted by Crippen LogP contribution is 2.23. The van der Waals surface area contributed by atoms with Gasteiger partial charge in [-0.05, 0) is 36.5 Å². The van der Waals surface area contributed by atoms with Crippen LogP contribution in [0.5, 0.6) is 0 Å². The molecular weight excluding hydrogens is 178 g/mol. The molecule has 0 rings (SSSR count). The van der Waals surface area contributed by atoms with Gasteiger partial charge in [0.25, 0.3) is 0 Å². The van der Waals surface area contributed by atoms with E-state index >= 15 is 0 Å². The lowest BCUT2D eigenvalue weighted by Crippen LogP contribution is -2.31. The Morgan fingerprint density at radius 3 is 2.38 bits per heavy atom. The lowest BCUT2D eigenvalue weighted by Gasteiger charge is -2.27. The molecule has 0 atom stereocenters. The van der Waals surface area contributed by atoms with Crippen molar-refractivity contribution in [1.82, 2.24) is 5.32 Å². The molecule has 0 amide bonds. The Balaban J connectivity index is 3.50. The van der Waals surface area contributed by atoms with Crippen molar-refractivity contribution in [3.8, 4) is 0 Å². The maximum absolute atomic E-state index is 4.18. The Bertz CT molecular complexity index is 121. The summed E-state index contributed by atoms with van der Waals surface area (Å²) in [7, 11) is 0. The summed E-state index contributed by atoms with van der Waals surface area (Å²) in [6, 6.07) is 0. The molecule has 0 aromatic carbocycles. The van der Waals surface area contributed by atoms with Gasteiger partial charge in [0, 0.05) is 6.54 Å². The third-order valence-electron chi connectivity index (χ3n) is 2.08. The van der Waals surface area contributed by atoms with E-state index in [4.69, 9.17) is 0 Å². The second-order valence-electron chi connectivity index (χ2n) is 5.02. The van der Waals surface area contributed by atoms with Crippen LogP contribution in [0, 0.1) is 11.3 Å². The van der Waals surface area contributed by atoms with E-state index in [0.29, 0.717) is 5.41 Å². The molecule has 0 unspecified atom stereocenters. The summed E-state index contributed by atoms with van der Waals surface area (Å²) in [5.41, 5.74) is 0.435. The molecule has 0 aliphatic heterocycles. The van der Waals surface area contributed by atoms with Gasteiger partial charge in [0.1, 0.15) is 0 Å². The van der Waals surface area contributed by atoms with Gasteiger partial charge in [-0.2, -0.15) is 12.6 Å². The standard InChI is InChI=1S/C11H25NS/c1-10(2)8-11(3,4)9-12-6-5-7-13/h10,12-13H,5-9H2,1-4H3.